The van der Waals surface area contributed by atoms with Crippen LogP contribution in [0.2, 0.25) is 0 Å². The van der Waals surface area contributed by atoms with Gasteiger partial charge < -0.3 is 85.3 Å². The van der Waals surface area contributed by atoms with Gasteiger partial charge in [-0.2, -0.15) is 28.8 Å². The second-order valence-electron chi connectivity index (χ2n) is 28.5. The first-order valence-electron chi connectivity index (χ1n) is 37.5. The molecule has 12 unspecified atom stereocenters. The molecule has 6 heterocycles. The number of rotatable bonds is 32. The molecule has 0 amide bonds. The third-order valence-corrected chi connectivity index (χ3v) is 20.8. The highest BCUT2D eigenvalue weighted by Crippen LogP contribution is 2.44. The van der Waals surface area contributed by atoms with E-state index in [2.05, 4.69) is 36.0 Å². The number of hydrogen-bond acceptors (Lipinski definition) is 30. The van der Waals surface area contributed by atoms with Gasteiger partial charge in [-0.15, -0.1) is 12.3 Å². The normalized spacial score (nSPS) is 34.8. The number of esters is 3. The van der Waals surface area contributed by atoms with Gasteiger partial charge in [-0.1, -0.05) is 155 Å². The number of carbonyl (C=O) groups excluding carboxylic acids is 9. The Hall–Kier alpha value is -8.90. The number of unbranched alkanes of at least 4 members (excludes halogenated alkanes) is 1. The van der Waals surface area contributed by atoms with Gasteiger partial charge in [0.1, 0.15) is 50.3 Å². The highest BCUT2D eigenvalue weighted by molar-refractivity contribution is 5.66. The largest absolute Gasteiger partial charge is 0.463 e. The van der Waals surface area contributed by atoms with Crippen LogP contribution in [0.15, 0.2) is 106 Å². The first kappa shape index (κ1) is 94.0. The molecule has 114 heavy (non-hydrogen) atoms. The van der Waals surface area contributed by atoms with E-state index in [9.17, 15) is 31.0 Å². The lowest BCUT2D eigenvalue weighted by Crippen LogP contribution is -2.64. The van der Waals surface area contributed by atoms with E-state index in [1.807, 2.05) is 146 Å². The Morgan fingerprint density at radius 3 is 0.982 bits per heavy atom. The molecule has 6 fully saturated rings. The third kappa shape index (κ3) is 26.8. The van der Waals surface area contributed by atoms with Crippen molar-refractivity contribution < 1.29 is 128 Å². The molecule has 36 nitrogen and oxygen atoms in total. The van der Waals surface area contributed by atoms with Gasteiger partial charge in [0.05, 0.1) is 99.5 Å². The molecule has 0 aromatic heterocycles. The van der Waals surface area contributed by atoms with Crippen molar-refractivity contribution in [2.45, 2.75) is 264 Å². The zero-order valence-corrected chi connectivity index (χ0v) is 66.0. The van der Waals surface area contributed by atoms with Crippen LogP contribution in [0.4, 0.5) is 0 Å². The van der Waals surface area contributed by atoms with Crippen molar-refractivity contribution in [3.05, 3.63) is 139 Å². The monoisotopic (exact) mass is 1600 g/mol. The van der Waals surface area contributed by atoms with Crippen molar-refractivity contribution in [1.29, 1.82) is 0 Å². The predicted molar refractivity (Wildman–Crippen MR) is 390 cm³/mol. The van der Waals surface area contributed by atoms with Crippen molar-refractivity contribution in [3.8, 4) is 12.3 Å². The van der Waals surface area contributed by atoms with E-state index < -0.39 is 183 Å². The van der Waals surface area contributed by atoms with E-state index >= 15 is 0 Å². The highest BCUT2D eigenvalue weighted by atomic mass is 16.8. The van der Waals surface area contributed by atoms with Crippen LogP contribution in [0, 0.1) is 53.8 Å². The van der Waals surface area contributed by atoms with Gasteiger partial charge in [0, 0.05) is 59.7 Å². The highest BCUT2D eigenvalue weighted by Gasteiger charge is 2.57. The molecule has 0 N–H and O–H groups in total. The van der Waals surface area contributed by atoms with Gasteiger partial charge in [0.15, 0.2) is 37.7 Å². The Kier molecular flexibility index (Phi) is 39.9. The van der Waals surface area contributed by atoms with E-state index in [1.165, 1.54) is 20.8 Å². The molecule has 0 radical (unpaired) electrons. The lowest BCUT2D eigenvalue weighted by Gasteiger charge is -2.52. The lowest BCUT2D eigenvalue weighted by atomic mass is 9.82. The number of ether oxygens (including phenoxy) is 18. The fraction of sp³-hybridized carbons (Fsp3) is 0.667. The number of azide groups is 3. The summed E-state index contributed by atoms with van der Waals surface area (Å²) in [5.41, 5.74) is 33.1. The molecular weight excluding hydrogens is 1490 g/mol. The standard InChI is InChI=1S/C75H103N9O21.3CO2/c1-15-16-26-33-88-70-44(6)64(92-34-53-27-20-17-21-28-53)67(47(9)95-70)104-74-60(80-83-77)42(4)62(57(99-74)38-90-51(13)86)102-72-46(8)66(94-36-55-31-24-19-25-32-55)69(49(11)97-72)105-75-61(81-84-78)43(5)63(58(100-75)39-91-52(14)87)101-71-45(7)65(93-35-54-29-22-18-23-30-54)68(48(10)96-71)103-73-59(79-82-76)41(3)40(2)56(98-73)37-89-50(12)85;3*2-1-3/h1,17-25,27-32,40-49,56-75H,16,26,33-39H2,2-14H3;;;/t40-,41-,42+,43+,44?,45?,46?,47?,48?,49?,56?,57?,58?,59?,60?,61?,62-,63-,64-,65-,66-,67+,68+,69+,70+,71-,72-,73-,74-,75-;;;/m0.../s1. The van der Waals surface area contributed by atoms with Gasteiger partial charge in [-0.25, -0.2) is 0 Å². The fourth-order valence-electron chi connectivity index (χ4n) is 14.6. The fourth-order valence-corrected chi connectivity index (χ4v) is 14.6. The predicted octanol–water partition coefficient (Wildman–Crippen LogP) is 9.94. The van der Waals surface area contributed by atoms with Crippen LogP contribution in [0.5, 0.6) is 0 Å². The van der Waals surface area contributed by atoms with Crippen LogP contribution in [0.1, 0.15) is 120 Å². The zero-order chi connectivity index (χ0) is 83.6. The SMILES string of the molecule is C#CCCCO[C@@H]1OC(C)[C@@H](O[C@@H]2OC(COC(C)=O)[C@@H](O[C@@H]3OC(C)[C@@H](O[C@@H]4OC(COC(C)=O)[C@@H](O[C@@H]5OC(C)[C@@H](O[C@@H]6OC(COC(C)=O)[C@@H](C)[C@H](C)C6N=[N+]=[N-])[C@@H](OCc6ccccc6)C5C)[C@H](C)C4N=[N+]=[N-])[C@@H](OCc4ccccc4)C3C)[C@H](C)C2N=[N+]=[N-])[C@@H](OCc2ccccc2)C1C.O=C=O.O=C=O.O=C=O. The molecule has 3 aromatic rings. The smallest absolute Gasteiger partial charge is 0.373 e. The summed E-state index contributed by atoms with van der Waals surface area (Å²) in [5.74, 6) is -2.64. The second kappa shape index (κ2) is 48.5. The van der Waals surface area contributed by atoms with Crippen molar-refractivity contribution >= 4 is 36.4 Å². The Bertz CT molecular complexity index is 3720. The molecule has 622 valence electrons. The molecule has 6 aliphatic rings. The minimum atomic E-state index is -1.35. The zero-order valence-electron chi connectivity index (χ0n) is 66.0. The van der Waals surface area contributed by atoms with Gasteiger partial charge in [-0.3, -0.25) is 14.4 Å². The second-order valence-corrected chi connectivity index (χ2v) is 28.5. The summed E-state index contributed by atoms with van der Waals surface area (Å²) in [6, 6.07) is 25.8. The topological polar surface area (TPSA) is 466 Å². The van der Waals surface area contributed by atoms with Gasteiger partial charge in [-0.05, 0) is 84.1 Å². The number of benzene rings is 3. The molecule has 36 heteroatoms. The van der Waals surface area contributed by atoms with E-state index in [0.29, 0.717) is 19.4 Å². The van der Waals surface area contributed by atoms with E-state index in [-0.39, 0.29) is 75.8 Å². The molecule has 30 atom stereocenters. The average Bonchev–Trinajstić information content (AvgIpc) is 0.771. The molecule has 0 saturated carbocycles. The Morgan fingerprint density at radius 2 is 0.667 bits per heavy atom. The first-order chi connectivity index (χ1) is 54.8. The summed E-state index contributed by atoms with van der Waals surface area (Å²) in [6.45, 7) is 22.7. The minimum Gasteiger partial charge on any atom is -0.463 e. The maximum absolute atomic E-state index is 12.8. The Morgan fingerprint density at radius 1 is 0.377 bits per heavy atom. The summed E-state index contributed by atoms with van der Waals surface area (Å²) in [4.78, 5) is 96.0. The Balaban J connectivity index is 0.00000214. The summed E-state index contributed by atoms with van der Waals surface area (Å²) >= 11 is 0. The first-order valence-corrected chi connectivity index (χ1v) is 37.5. The lowest BCUT2D eigenvalue weighted by molar-refractivity contribution is -0.370. The minimum absolute atomic E-state index is 0.0533. The Labute approximate surface area is 660 Å². The third-order valence-electron chi connectivity index (χ3n) is 20.8. The molecule has 3 aromatic carbocycles. The number of hydrogen-bond donors (Lipinski definition) is 0. The van der Waals surface area contributed by atoms with E-state index in [1.54, 1.807) is 13.8 Å². The number of nitrogens with zero attached hydrogens (tertiary/aromatic N) is 9. The van der Waals surface area contributed by atoms with Gasteiger partial charge in [0.2, 0.25) is 0 Å². The molecule has 6 aliphatic heterocycles. The number of terminal acetylenes is 1. The summed E-state index contributed by atoms with van der Waals surface area (Å²) in [7, 11) is 0. The maximum atomic E-state index is 12.8. The van der Waals surface area contributed by atoms with Crippen molar-refractivity contribution in [2.24, 2.45) is 56.8 Å². The summed E-state index contributed by atoms with van der Waals surface area (Å²) < 4.78 is 119. The van der Waals surface area contributed by atoms with Crippen LogP contribution in [-0.2, 0) is 148 Å². The van der Waals surface area contributed by atoms with Gasteiger partial charge >= 0.3 is 36.4 Å². The van der Waals surface area contributed by atoms with Crippen LogP contribution >= 0.6 is 0 Å². The van der Waals surface area contributed by atoms with Crippen molar-refractivity contribution in [2.75, 3.05) is 26.4 Å². The van der Waals surface area contributed by atoms with Crippen LogP contribution in [0.3, 0.4) is 0 Å². The number of carbonyl (C=O) groups is 3. The molecular formula is C78H103N9O27. The molecule has 6 saturated heterocycles. The molecule has 9 rings (SSSR count). The molecule has 0 aliphatic carbocycles. The van der Waals surface area contributed by atoms with Gasteiger partial charge in [0.25, 0.3) is 0 Å². The average molecular weight is 1600 g/mol. The molecule has 0 spiro atoms. The van der Waals surface area contributed by atoms with E-state index in [0.717, 1.165) is 16.7 Å². The van der Waals surface area contributed by atoms with Crippen molar-refractivity contribution in [3.63, 3.8) is 0 Å². The maximum Gasteiger partial charge on any atom is 0.373 e. The molecule has 0 bridgehead atoms. The summed E-state index contributed by atoms with van der Waals surface area (Å²) in [5, 5.41) is 12.7. The summed E-state index contributed by atoms with van der Waals surface area (Å²) in [6.07, 6.45) is -11.1. The van der Waals surface area contributed by atoms with E-state index in [4.69, 9.17) is 120 Å². The quantitative estimate of drug-likeness (QED) is 0.0107. The van der Waals surface area contributed by atoms with Crippen LogP contribution in [0.25, 0.3) is 31.3 Å². The van der Waals surface area contributed by atoms with Crippen molar-refractivity contribution in [1.82, 2.24) is 0 Å². The van der Waals surface area contributed by atoms with Crippen LogP contribution < -0.4 is 0 Å². The van der Waals surface area contributed by atoms with Crippen LogP contribution in [-0.4, -0.2) is 204 Å².